The van der Waals surface area contributed by atoms with E-state index in [9.17, 15) is 14.4 Å². The van der Waals surface area contributed by atoms with Gasteiger partial charge in [-0.15, -0.1) is 0 Å². The molecule has 1 unspecified atom stereocenters. The van der Waals surface area contributed by atoms with Crippen molar-refractivity contribution in [2.75, 3.05) is 18.0 Å². The summed E-state index contributed by atoms with van der Waals surface area (Å²) >= 11 is 24.6. The molecule has 0 fully saturated rings. The topological polar surface area (TPSA) is 127 Å². The summed E-state index contributed by atoms with van der Waals surface area (Å²) in [5.41, 5.74) is 1.41. The molecule has 4 aromatic rings. The molecule has 0 aliphatic rings. The second-order valence-electron chi connectivity index (χ2n) is 10.6. The van der Waals surface area contributed by atoms with E-state index in [-0.39, 0.29) is 18.8 Å². The molecule has 2 aromatic carbocycles. The number of anilines is 1. The molecule has 2 aromatic heterocycles. The maximum atomic E-state index is 13.3. The van der Waals surface area contributed by atoms with Gasteiger partial charge >= 0.3 is 6.09 Å². The molecule has 236 valence electrons. The number of ether oxygens (including phenoxy) is 1. The first-order valence-electron chi connectivity index (χ1n) is 13.6. The summed E-state index contributed by atoms with van der Waals surface area (Å²) in [5, 5.41) is 10.2. The number of hydrogen-bond acceptors (Lipinski definition) is 7. The lowest BCUT2D eigenvalue weighted by atomic mass is 10.1. The van der Waals surface area contributed by atoms with Gasteiger partial charge in [-0.05, 0) is 50.6 Å². The molecule has 0 radical (unpaired) electrons. The lowest BCUT2D eigenvalue weighted by Gasteiger charge is -2.25. The van der Waals surface area contributed by atoms with Crippen molar-refractivity contribution in [3.63, 3.8) is 0 Å². The van der Waals surface area contributed by atoms with Crippen molar-refractivity contribution in [3.8, 4) is 22.7 Å². The normalized spacial score (nSPS) is 12.0. The van der Waals surface area contributed by atoms with Crippen LogP contribution < -0.4 is 15.5 Å². The zero-order chi connectivity index (χ0) is 32.7. The summed E-state index contributed by atoms with van der Waals surface area (Å²) in [6.07, 6.45) is 0.717. The third kappa shape index (κ3) is 9.11. The molecule has 0 spiro atoms. The Hall–Kier alpha value is -3.83. The van der Waals surface area contributed by atoms with Gasteiger partial charge in [-0.25, -0.2) is 4.79 Å². The molecular formula is C31H29Cl4N5O5. The van der Waals surface area contributed by atoms with Crippen molar-refractivity contribution in [2.45, 2.75) is 37.3 Å². The lowest BCUT2D eigenvalue weighted by molar-refractivity contribution is -0.123. The van der Waals surface area contributed by atoms with E-state index in [1.807, 2.05) is 0 Å². The van der Waals surface area contributed by atoms with Crippen LogP contribution in [0.4, 0.5) is 10.5 Å². The van der Waals surface area contributed by atoms with Crippen LogP contribution in [0.3, 0.4) is 0 Å². The molecule has 0 aliphatic carbocycles. The molecule has 0 saturated heterocycles. The number of nitrogens with zero attached hydrogens (tertiary/aromatic N) is 3. The van der Waals surface area contributed by atoms with Crippen LogP contribution in [0.5, 0.6) is 0 Å². The second kappa shape index (κ2) is 15.0. The van der Waals surface area contributed by atoms with E-state index in [1.54, 1.807) is 87.5 Å². The minimum absolute atomic E-state index is 0.0144. The van der Waals surface area contributed by atoms with Crippen LogP contribution >= 0.6 is 46.4 Å². The molecule has 1 atom stereocenters. The average Bonchev–Trinajstić information content (AvgIpc) is 3.47. The molecule has 10 nitrogen and oxygen atoms in total. The summed E-state index contributed by atoms with van der Waals surface area (Å²) in [5.74, 6) is -0.858. The van der Waals surface area contributed by atoms with Crippen LogP contribution in [-0.4, -0.2) is 51.6 Å². The van der Waals surface area contributed by atoms with Crippen LogP contribution in [0.2, 0.25) is 10.0 Å². The first-order chi connectivity index (χ1) is 21.3. The highest BCUT2D eigenvalue weighted by Crippen LogP contribution is 2.36. The maximum absolute atomic E-state index is 13.3. The number of rotatable bonds is 10. The van der Waals surface area contributed by atoms with Gasteiger partial charge in [0.1, 0.15) is 23.0 Å². The highest BCUT2D eigenvalue weighted by molar-refractivity contribution is 6.54. The van der Waals surface area contributed by atoms with Gasteiger partial charge in [0.15, 0.2) is 10.6 Å². The second-order valence-corrected chi connectivity index (χ2v) is 12.6. The first kappa shape index (κ1) is 34.1. The number of benzene rings is 2. The van der Waals surface area contributed by atoms with Crippen LogP contribution in [0.25, 0.3) is 22.7 Å². The minimum Gasteiger partial charge on any atom is -0.444 e. The van der Waals surface area contributed by atoms with Gasteiger partial charge in [0, 0.05) is 36.6 Å². The molecular weight excluding hydrogens is 664 g/mol. The van der Waals surface area contributed by atoms with E-state index in [0.29, 0.717) is 38.2 Å². The van der Waals surface area contributed by atoms with Crippen molar-refractivity contribution in [1.29, 1.82) is 0 Å². The number of hydrogen-bond donors (Lipinski definition) is 2. The SMILES string of the molecule is CC(C)(C)OC(=O)NC(C(=O)NCCN(C(=O)C(Cl)Cl)c1ccnc(-c2cc(-c3c(Cl)cccc3Cl)no2)c1)c1ccccc1. The molecule has 0 saturated carbocycles. The summed E-state index contributed by atoms with van der Waals surface area (Å²) in [7, 11) is 0. The standard InChI is InChI=1S/C31H29Cl4N5O5/c1-31(2,3)44-30(43)38-26(18-8-5-4-6-9-18)28(41)37-14-15-40(29(42)27(34)35)19-12-13-36-22(16-19)24-17-23(39-45-24)25-20(32)10-7-11-21(25)33/h4-13,16-17,26-27H,14-15H2,1-3H3,(H,37,41)(H,38,43). The average molecular weight is 693 g/mol. The van der Waals surface area contributed by atoms with E-state index >= 15 is 0 Å². The fourth-order valence-electron chi connectivity index (χ4n) is 4.23. The van der Waals surface area contributed by atoms with Crippen molar-refractivity contribution in [3.05, 3.63) is 88.5 Å². The van der Waals surface area contributed by atoms with Crippen molar-refractivity contribution in [2.24, 2.45) is 0 Å². The van der Waals surface area contributed by atoms with Gasteiger partial charge in [0.05, 0.1) is 10.0 Å². The zero-order valence-corrected chi connectivity index (χ0v) is 27.4. The summed E-state index contributed by atoms with van der Waals surface area (Å²) < 4.78 is 10.9. The van der Waals surface area contributed by atoms with Gasteiger partial charge in [-0.3, -0.25) is 14.6 Å². The Bertz CT molecular complexity index is 1640. The third-order valence-electron chi connectivity index (χ3n) is 6.18. The number of nitrogens with one attached hydrogen (secondary N) is 2. The lowest BCUT2D eigenvalue weighted by Crippen LogP contribution is -2.45. The predicted molar refractivity (Wildman–Crippen MR) is 175 cm³/mol. The fraction of sp³-hybridized carbons (Fsp3) is 0.258. The van der Waals surface area contributed by atoms with Crippen molar-refractivity contribution >= 4 is 70.0 Å². The quantitative estimate of drug-likeness (QED) is 0.168. The highest BCUT2D eigenvalue weighted by Gasteiger charge is 2.27. The van der Waals surface area contributed by atoms with E-state index in [1.165, 1.54) is 11.1 Å². The molecule has 45 heavy (non-hydrogen) atoms. The Morgan fingerprint density at radius 1 is 0.956 bits per heavy atom. The number of amides is 3. The van der Waals surface area contributed by atoms with Crippen molar-refractivity contribution in [1.82, 2.24) is 20.8 Å². The first-order valence-corrected chi connectivity index (χ1v) is 15.3. The van der Waals surface area contributed by atoms with Gasteiger partial charge < -0.3 is 24.8 Å². The molecule has 0 bridgehead atoms. The Balaban J connectivity index is 1.52. The number of pyridine rings is 1. The molecule has 0 aliphatic heterocycles. The maximum Gasteiger partial charge on any atom is 0.408 e. The zero-order valence-electron chi connectivity index (χ0n) is 24.4. The number of carbonyl (C=O) groups excluding carboxylic acids is 3. The largest absolute Gasteiger partial charge is 0.444 e. The summed E-state index contributed by atoms with van der Waals surface area (Å²) in [6.45, 7) is 5.12. The molecule has 4 rings (SSSR count). The van der Waals surface area contributed by atoms with Gasteiger partial charge in [-0.1, -0.05) is 88.0 Å². The number of alkyl halides is 2. The van der Waals surface area contributed by atoms with Crippen LogP contribution in [0, 0.1) is 0 Å². The number of halogens is 4. The van der Waals surface area contributed by atoms with E-state index in [4.69, 9.17) is 55.7 Å². The predicted octanol–water partition coefficient (Wildman–Crippen LogP) is 7.23. The van der Waals surface area contributed by atoms with Gasteiger partial charge in [-0.2, -0.15) is 0 Å². The number of carbonyl (C=O) groups is 3. The van der Waals surface area contributed by atoms with Crippen LogP contribution in [0.15, 0.2) is 77.4 Å². The van der Waals surface area contributed by atoms with Crippen LogP contribution in [0.1, 0.15) is 32.4 Å². The highest BCUT2D eigenvalue weighted by atomic mass is 35.5. The van der Waals surface area contributed by atoms with Crippen LogP contribution in [-0.2, 0) is 14.3 Å². The summed E-state index contributed by atoms with van der Waals surface area (Å²) in [4.78, 5) is 43.1. The molecule has 2 heterocycles. The Kier molecular flexibility index (Phi) is 11.3. The molecule has 14 heteroatoms. The Morgan fingerprint density at radius 3 is 2.29 bits per heavy atom. The Labute approximate surface area is 279 Å². The summed E-state index contributed by atoms with van der Waals surface area (Å²) in [6, 6.07) is 17.5. The smallest absolute Gasteiger partial charge is 0.408 e. The molecule has 3 amide bonds. The molecule has 2 N–H and O–H groups in total. The third-order valence-corrected chi connectivity index (χ3v) is 7.18. The van der Waals surface area contributed by atoms with Gasteiger partial charge in [0.2, 0.25) is 5.91 Å². The Morgan fingerprint density at radius 2 is 1.64 bits per heavy atom. The monoisotopic (exact) mass is 691 g/mol. The van der Waals surface area contributed by atoms with Gasteiger partial charge in [0.25, 0.3) is 5.91 Å². The van der Waals surface area contributed by atoms with E-state index in [0.717, 1.165) is 0 Å². The fourth-order valence-corrected chi connectivity index (χ4v) is 5.05. The van der Waals surface area contributed by atoms with E-state index < -0.39 is 34.4 Å². The number of alkyl carbamates (subject to hydrolysis) is 1. The minimum atomic E-state index is -1.39. The number of aromatic nitrogens is 2. The van der Waals surface area contributed by atoms with E-state index in [2.05, 4.69) is 20.8 Å². The van der Waals surface area contributed by atoms with Crippen molar-refractivity contribution < 1.29 is 23.6 Å².